The maximum absolute atomic E-state index is 11.5. The Balaban J connectivity index is 2.09. The van der Waals surface area contributed by atoms with Gasteiger partial charge in [0.1, 0.15) is 5.58 Å². The van der Waals surface area contributed by atoms with Crippen LogP contribution in [-0.4, -0.2) is 17.6 Å². The summed E-state index contributed by atoms with van der Waals surface area (Å²) in [4.78, 5) is 21.9. The number of hydrogen-bond donors (Lipinski definition) is 3. The van der Waals surface area contributed by atoms with E-state index in [0.29, 0.717) is 30.8 Å². The largest absolute Gasteiger partial charge is 0.481 e. The molecule has 0 bridgehead atoms. The van der Waals surface area contributed by atoms with Crippen molar-refractivity contribution in [3.63, 3.8) is 0 Å². The van der Waals surface area contributed by atoms with E-state index >= 15 is 0 Å². The highest BCUT2D eigenvalue weighted by atomic mass is 16.4. The Morgan fingerprint density at radius 2 is 2.15 bits per heavy atom. The van der Waals surface area contributed by atoms with Crippen molar-refractivity contribution in [3.8, 4) is 0 Å². The van der Waals surface area contributed by atoms with E-state index in [4.69, 9.17) is 15.3 Å². The quantitative estimate of drug-likeness (QED) is 0.417. The number of hydrogen-bond acceptors (Lipinski definition) is 5. The standard InChI is InChI=1S/C14H16N2O4/c15-10-3-4-11-9(6-14(19)20-12(11)7-10)8-16-5-1-2-13(17)18/h3-4,6-7,16H,1-2,5,8,15H2,(H,17,18). The molecule has 0 spiro atoms. The zero-order valence-electron chi connectivity index (χ0n) is 10.9. The molecule has 1 heterocycles. The fraction of sp³-hybridized carbons (Fsp3) is 0.286. The molecule has 1 aromatic heterocycles. The van der Waals surface area contributed by atoms with Crippen LogP contribution in [0.4, 0.5) is 5.69 Å². The number of aliphatic carboxylic acids is 1. The number of nitrogen functional groups attached to an aromatic ring is 1. The van der Waals surface area contributed by atoms with Crippen LogP contribution < -0.4 is 16.7 Å². The lowest BCUT2D eigenvalue weighted by Crippen LogP contribution is -2.17. The number of carboxylic acid groups (broad SMARTS) is 1. The number of carbonyl (C=O) groups is 1. The SMILES string of the molecule is Nc1ccc2c(CNCCCC(=O)O)cc(=O)oc2c1. The molecule has 0 saturated carbocycles. The monoisotopic (exact) mass is 276 g/mol. The first-order chi connectivity index (χ1) is 9.56. The molecule has 0 aliphatic heterocycles. The van der Waals surface area contributed by atoms with Gasteiger partial charge in [0.15, 0.2) is 0 Å². The lowest BCUT2D eigenvalue weighted by atomic mass is 10.1. The van der Waals surface area contributed by atoms with E-state index in [-0.39, 0.29) is 6.42 Å². The van der Waals surface area contributed by atoms with E-state index in [9.17, 15) is 9.59 Å². The van der Waals surface area contributed by atoms with Gasteiger partial charge in [0, 0.05) is 36.2 Å². The minimum Gasteiger partial charge on any atom is -0.481 e. The Kier molecular flexibility index (Phi) is 4.37. The van der Waals surface area contributed by atoms with Gasteiger partial charge in [0.05, 0.1) is 0 Å². The van der Waals surface area contributed by atoms with Gasteiger partial charge in [0.25, 0.3) is 0 Å². The number of nitrogens with two attached hydrogens (primary N) is 1. The molecule has 0 unspecified atom stereocenters. The van der Waals surface area contributed by atoms with Crippen molar-refractivity contribution in [2.24, 2.45) is 0 Å². The van der Waals surface area contributed by atoms with E-state index in [0.717, 1.165) is 10.9 Å². The van der Waals surface area contributed by atoms with Gasteiger partial charge < -0.3 is 20.6 Å². The summed E-state index contributed by atoms with van der Waals surface area (Å²) in [6.45, 7) is 1.05. The minimum atomic E-state index is -0.812. The van der Waals surface area contributed by atoms with Crippen LogP contribution in [0, 0.1) is 0 Å². The van der Waals surface area contributed by atoms with E-state index in [1.165, 1.54) is 6.07 Å². The smallest absolute Gasteiger partial charge is 0.336 e. The molecule has 2 aromatic rings. The minimum absolute atomic E-state index is 0.126. The summed E-state index contributed by atoms with van der Waals surface area (Å²) in [5.41, 5.74) is 7.04. The van der Waals surface area contributed by atoms with E-state index < -0.39 is 11.6 Å². The predicted molar refractivity (Wildman–Crippen MR) is 75.5 cm³/mol. The number of benzene rings is 1. The number of carboxylic acids is 1. The van der Waals surface area contributed by atoms with Crippen molar-refractivity contribution in [1.82, 2.24) is 5.32 Å². The van der Waals surface area contributed by atoms with Crippen molar-refractivity contribution in [1.29, 1.82) is 0 Å². The van der Waals surface area contributed by atoms with Gasteiger partial charge in [-0.15, -0.1) is 0 Å². The average molecular weight is 276 g/mol. The summed E-state index contributed by atoms with van der Waals surface area (Å²) in [7, 11) is 0. The summed E-state index contributed by atoms with van der Waals surface area (Å²) in [5, 5.41) is 12.5. The first-order valence-corrected chi connectivity index (χ1v) is 6.31. The van der Waals surface area contributed by atoms with Gasteiger partial charge in [-0.1, -0.05) is 0 Å². The summed E-state index contributed by atoms with van der Waals surface area (Å²) in [6.07, 6.45) is 0.670. The summed E-state index contributed by atoms with van der Waals surface area (Å²) in [5.74, 6) is -0.812. The number of fused-ring (bicyclic) bond motifs is 1. The molecule has 0 amide bonds. The van der Waals surface area contributed by atoms with Crippen molar-refractivity contribution < 1.29 is 14.3 Å². The van der Waals surface area contributed by atoms with Crippen molar-refractivity contribution in [2.75, 3.05) is 12.3 Å². The fourth-order valence-corrected chi connectivity index (χ4v) is 1.98. The molecule has 6 nitrogen and oxygen atoms in total. The molecule has 0 saturated heterocycles. The first kappa shape index (κ1) is 14.1. The highest BCUT2D eigenvalue weighted by molar-refractivity contribution is 5.82. The lowest BCUT2D eigenvalue weighted by Gasteiger charge is -2.07. The number of rotatable bonds is 6. The Morgan fingerprint density at radius 3 is 2.90 bits per heavy atom. The van der Waals surface area contributed by atoms with Gasteiger partial charge in [0.2, 0.25) is 0 Å². The van der Waals surface area contributed by atoms with Crippen LogP contribution in [0.5, 0.6) is 0 Å². The Morgan fingerprint density at radius 1 is 1.35 bits per heavy atom. The molecular weight excluding hydrogens is 260 g/mol. The van der Waals surface area contributed by atoms with Crippen LogP contribution in [0.3, 0.4) is 0 Å². The molecule has 0 atom stereocenters. The third kappa shape index (κ3) is 3.58. The normalized spacial score (nSPS) is 10.8. The van der Waals surface area contributed by atoms with Crippen molar-refractivity contribution in [2.45, 2.75) is 19.4 Å². The van der Waals surface area contributed by atoms with Crippen LogP contribution in [0.25, 0.3) is 11.0 Å². The zero-order valence-corrected chi connectivity index (χ0v) is 10.9. The average Bonchev–Trinajstić information content (AvgIpc) is 2.36. The third-order valence-corrected chi connectivity index (χ3v) is 2.91. The van der Waals surface area contributed by atoms with Crippen LogP contribution in [0.2, 0.25) is 0 Å². The van der Waals surface area contributed by atoms with Gasteiger partial charge in [-0.3, -0.25) is 4.79 Å². The number of nitrogens with one attached hydrogen (secondary N) is 1. The molecular formula is C14H16N2O4. The van der Waals surface area contributed by atoms with Crippen LogP contribution in [-0.2, 0) is 11.3 Å². The second kappa shape index (κ2) is 6.21. The van der Waals surface area contributed by atoms with Gasteiger partial charge >= 0.3 is 11.6 Å². The third-order valence-electron chi connectivity index (χ3n) is 2.91. The molecule has 4 N–H and O–H groups in total. The molecule has 6 heteroatoms. The highest BCUT2D eigenvalue weighted by Gasteiger charge is 2.06. The van der Waals surface area contributed by atoms with E-state index in [2.05, 4.69) is 5.32 Å². The summed E-state index contributed by atoms with van der Waals surface area (Å²) in [6, 6.07) is 6.60. The van der Waals surface area contributed by atoms with Crippen LogP contribution in [0.1, 0.15) is 18.4 Å². The van der Waals surface area contributed by atoms with Crippen molar-refractivity contribution >= 4 is 22.6 Å². The van der Waals surface area contributed by atoms with Gasteiger partial charge in [-0.25, -0.2) is 4.79 Å². The van der Waals surface area contributed by atoms with E-state index in [1.807, 2.05) is 6.07 Å². The molecule has 2 rings (SSSR count). The molecule has 106 valence electrons. The summed E-state index contributed by atoms with van der Waals surface area (Å²) >= 11 is 0. The molecule has 0 radical (unpaired) electrons. The summed E-state index contributed by atoms with van der Waals surface area (Å²) < 4.78 is 5.10. The maximum atomic E-state index is 11.5. The zero-order chi connectivity index (χ0) is 14.5. The Bertz CT molecular complexity index is 678. The Hall–Kier alpha value is -2.34. The van der Waals surface area contributed by atoms with Gasteiger partial charge in [-0.2, -0.15) is 0 Å². The lowest BCUT2D eigenvalue weighted by molar-refractivity contribution is -0.137. The van der Waals surface area contributed by atoms with E-state index in [1.54, 1.807) is 12.1 Å². The van der Waals surface area contributed by atoms with Crippen LogP contribution >= 0.6 is 0 Å². The molecule has 0 aliphatic rings. The second-order valence-electron chi connectivity index (χ2n) is 4.52. The van der Waals surface area contributed by atoms with Gasteiger partial charge in [-0.05, 0) is 30.7 Å². The fourth-order valence-electron chi connectivity index (χ4n) is 1.98. The maximum Gasteiger partial charge on any atom is 0.336 e. The first-order valence-electron chi connectivity index (χ1n) is 6.31. The second-order valence-corrected chi connectivity index (χ2v) is 4.52. The number of anilines is 1. The predicted octanol–water partition coefficient (Wildman–Crippen LogP) is 1.33. The topological polar surface area (TPSA) is 106 Å². The molecule has 0 fully saturated rings. The highest BCUT2D eigenvalue weighted by Crippen LogP contribution is 2.19. The molecule has 20 heavy (non-hydrogen) atoms. The van der Waals surface area contributed by atoms with Crippen LogP contribution in [0.15, 0.2) is 33.5 Å². The molecule has 0 aliphatic carbocycles. The Labute approximate surface area is 115 Å². The van der Waals surface area contributed by atoms with Crippen molar-refractivity contribution in [3.05, 3.63) is 40.2 Å². The molecule has 1 aromatic carbocycles.